The second-order valence-corrected chi connectivity index (χ2v) is 11.9. The van der Waals surface area contributed by atoms with Crippen LogP contribution in [0.1, 0.15) is 13.3 Å². The molecule has 1 aliphatic heterocycles. The van der Waals surface area contributed by atoms with Crippen molar-refractivity contribution in [3.05, 3.63) is 0 Å². The molecule has 0 aromatic heterocycles. The average molecular weight is 492 g/mol. The number of hydrogen-bond acceptors (Lipinski definition) is 10. The van der Waals surface area contributed by atoms with Gasteiger partial charge in [-0.25, -0.2) is 22.4 Å². The maximum absolute atomic E-state index is 12.0. The molecule has 0 bridgehead atoms. The molecule has 0 amide bonds. The highest BCUT2D eigenvalue weighted by atomic mass is 31.3. The molecule has 0 aliphatic carbocycles. The summed E-state index contributed by atoms with van der Waals surface area (Å²) in [4.78, 5) is 37.2. The van der Waals surface area contributed by atoms with Gasteiger partial charge in [-0.15, -0.1) is 0 Å². The third-order valence-corrected chi connectivity index (χ3v) is 8.68. The fraction of sp³-hybridized carbons (Fsp3) is 1.00. The molecule has 2 radical (unpaired) electrons. The van der Waals surface area contributed by atoms with Crippen LogP contribution < -0.4 is 0 Å². The van der Waals surface area contributed by atoms with Gasteiger partial charge < -0.3 is 24.3 Å². The summed E-state index contributed by atoms with van der Waals surface area (Å²) in [5, 5.41) is 0. The molecule has 164 valence electrons. The molecular weight excluding hydrogens is 474 g/mol. The van der Waals surface area contributed by atoms with Gasteiger partial charge in [0.05, 0.1) is 12.7 Å². The van der Waals surface area contributed by atoms with E-state index in [1.54, 1.807) is 0 Å². The SMILES string of the molecule is [B][C@H]1C[C@H](OP(=O)(O)OCF)[C@@H](COP(=O)(O)OP(=O)(O)OP(=O)(O)CC)O1. The summed E-state index contributed by atoms with van der Waals surface area (Å²) < 4.78 is 83.8. The normalized spacial score (nSPS) is 31.4. The Balaban J connectivity index is 2.71. The van der Waals surface area contributed by atoms with Crippen LogP contribution in [0.5, 0.6) is 0 Å². The highest BCUT2D eigenvalue weighted by molar-refractivity contribution is 7.68. The van der Waals surface area contributed by atoms with Crippen molar-refractivity contribution in [2.45, 2.75) is 31.6 Å². The van der Waals surface area contributed by atoms with Crippen molar-refractivity contribution in [3.63, 3.8) is 0 Å². The van der Waals surface area contributed by atoms with E-state index < -0.39 is 68.9 Å². The molecule has 0 spiro atoms. The number of alkyl halides is 1. The number of ether oxygens (including phenoxy) is 1. The lowest BCUT2D eigenvalue weighted by Gasteiger charge is -2.22. The van der Waals surface area contributed by atoms with Crippen LogP contribution in [-0.4, -0.2) is 65.3 Å². The topological polar surface area (TPSA) is 205 Å². The smallest absolute Gasteiger partial charge is 0.380 e. The van der Waals surface area contributed by atoms with Gasteiger partial charge in [-0.2, -0.15) is 4.31 Å². The Hall–Kier alpha value is 0.515. The lowest BCUT2D eigenvalue weighted by molar-refractivity contribution is -0.0104. The van der Waals surface area contributed by atoms with E-state index in [4.69, 9.17) is 17.5 Å². The van der Waals surface area contributed by atoms with E-state index in [0.717, 1.165) is 6.92 Å². The average Bonchev–Trinajstić information content (AvgIpc) is 2.81. The first kappa shape index (κ1) is 26.6. The lowest BCUT2D eigenvalue weighted by Crippen LogP contribution is -2.28. The molecule has 28 heavy (non-hydrogen) atoms. The Bertz CT molecular complexity index is 719. The highest BCUT2D eigenvalue weighted by Crippen LogP contribution is 2.67. The molecule has 4 N–H and O–H groups in total. The van der Waals surface area contributed by atoms with Crippen LogP contribution in [0, 0.1) is 0 Å². The fourth-order valence-electron chi connectivity index (χ4n) is 1.82. The summed E-state index contributed by atoms with van der Waals surface area (Å²) in [6, 6.07) is -1.06. The van der Waals surface area contributed by atoms with Crippen molar-refractivity contribution in [2.24, 2.45) is 0 Å². The predicted molar refractivity (Wildman–Crippen MR) is 88.9 cm³/mol. The van der Waals surface area contributed by atoms with Crippen LogP contribution in [0.4, 0.5) is 4.39 Å². The van der Waals surface area contributed by atoms with E-state index in [0.29, 0.717) is 0 Å². The molecule has 1 heterocycles. The lowest BCUT2D eigenvalue weighted by atomic mass is 9.96. The van der Waals surface area contributed by atoms with E-state index >= 15 is 0 Å². The molecule has 1 aliphatic rings. The maximum Gasteiger partial charge on any atom is 0.488 e. The zero-order chi connectivity index (χ0) is 21.8. The van der Waals surface area contributed by atoms with Gasteiger partial charge in [-0.3, -0.25) is 18.1 Å². The zero-order valence-corrected chi connectivity index (χ0v) is 17.8. The van der Waals surface area contributed by atoms with Crippen molar-refractivity contribution in [3.8, 4) is 0 Å². The Labute approximate surface area is 160 Å². The molecule has 20 heteroatoms. The first-order valence-electron chi connectivity index (χ1n) is 7.27. The zero-order valence-electron chi connectivity index (χ0n) is 14.2. The summed E-state index contributed by atoms with van der Waals surface area (Å²) in [6.07, 6.45) is -3.50. The van der Waals surface area contributed by atoms with Crippen molar-refractivity contribution >= 4 is 38.9 Å². The van der Waals surface area contributed by atoms with Crippen LogP contribution in [0.15, 0.2) is 0 Å². The fourth-order valence-corrected chi connectivity index (χ4v) is 6.28. The largest absolute Gasteiger partial charge is 0.488 e. The summed E-state index contributed by atoms with van der Waals surface area (Å²) in [5.41, 5.74) is 0. The second-order valence-electron chi connectivity index (χ2n) is 5.15. The minimum atomic E-state index is -5.48. The molecule has 1 rings (SSSR count). The summed E-state index contributed by atoms with van der Waals surface area (Å²) in [5.74, 6) is 0. The third kappa shape index (κ3) is 9.55. The molecule has 1 fully saturated rings. The molecule has 0 saturated carbocycles. The van der Waals surface area contributed by atoms with Crippen molar-refractivity contribution in [1.29, 1.82) is 0 Å². The molecule has 4 unspecified atom stereocenters. The summed E-state index contributed by atoms with van der Waals surface area (Å²) >= 11 is 0. The molecular formula is C8H18BFO14P4. The van der Waals surface area contributed by atoms with E-state index in [-0.39, 0.29) is 6.42 Å². The van der Waals surface area contributed by atoms with E-state index in [2.05, 4.69) is 22.2 Å². The van der Waals surface area contributed by atoms with Gasteiger partial charge in [0.1, 0.15) is 14.0 Å². The van der Waals surface area contributed by atoms with E-state index in [1.165, 1.54) is 0 Å². The van der Waals surface area contributed by atoms with Gasteiger partial charge in [0, 0.05) is 12.2 Å². The molecule has 7 atom stereocenters. The summed E-state index contributed by atoms with van der Waals surface area (Å²) in [7, 11) is -14.7. The third-order valence-electron chi connectivity index (χ3n) is 2.95. The Morgan fingerprint density at radius 3 is 2.18 bits per heavy atom. The van der Waals surface area contributed by atoms with Crippen LogP contribution in [0.2, 0.25) is 0 Å². The van der Waals surface area contributed by atoms with Gasteiger partial charge >= 0.3 is 31.1 Å². The predicted octanol–water partition coefficient (Wildman–Crippen LogP) is 1.15. The first-order chi connectivity index (χ1) is 12.6. The number of phosphoric acid groups is 3. The highest BCUT2D eigenvalue weighted by Gasteiger charge is 2.43. The Morgan fingerprint density at radius 2 is 1.64 bits per heavy atom. The van der Waals surface area contributed by atoms with Crippen LogP contribution in [-0.2, 0) is 45.2 Å². The van der Waals surface area contributed by atoms with Crippen LogP contribution >= 0.6 is 31.1 Å². The van der Waals surface area contributed by atoms with Gasteiger partial charge in [0.25, 0.3) is 0 Å². The number of phosphoric ester groups is 2. The number of halogens is 1. The van der Waals surface area contributed by atoms with Crippen molar-refractivity contribution in [1.82, 2.24) is 0 Å². The van der Waals surface area contributed by atoms with Crippen molar-refractivity contribution < 1.29 is 69.2 Å². The molecule has 0 aromatic rings. The van der Waals surface area contributed by atoms with E-state index in [9.17, 15) is 37.3 Å². The van der Waals surface area contributed by atoms with Crippen LogP contribution in [0.25, 0.3) is 0 Å². The Morgan fingerprint density at radius 1 is 1.04 bits per heavy atom. The molecule has 0 aromatic carbocycles. The minimum Gasteiger partial charge on any atom is -0.380 e. The standard InChI is InChI=1S/C8H18BFO14P4/c1-2-25(11,12)23-28(17,18)24-27(15,16)19-4-7-6(3-8(9)21-7)22-26(13,14)20-5-10/h6-8H,2-5H2,1H3,(H,11,12)(H,13,14)(H,15,16)(H,17,18)/t6-,7+,8+/m0/s1. The van der Waals surface area contributed by atoms with Crippen LogP contribution in [0.3, 0.4) is 0 Å². The Kier molecular flexibility index (Phi) is 9.69. The number of hydrogen-bond donors (Lipinski definition) is 4. The minimum absolute atomic E-state index is 0.212. The number of rotatable bonds is 12. The second kappa shape index (κ2) is 10.2. The maximum atomic E-state index is 12.0. The monoisotopic (exact) mass is 492 g/mol. The molecule has 1 saturated heterocycles. The van der Waals surface area contributed by atoms with Gasteiger partial charge in [-0.1, -0.05) is 6.92 Å². The molecule has 14 nitrogen and oxygen atoms in total. The van der Waals surface area contributed by atoms with Crippen molar-refractivity contribution in [2.75, 3.05) is 19.6 Å². The van der Waals surface area contributed by atoms with Gasteiger partial charge in [0.15, 0.2) is 6.86 Å². The summed E-state index contributed by atoms with van der Waals surface area (Å²) in [6.45, 7) is -1.40. The first-order valence-corrected chi connectivity index (χ1v) is 13.5. The van der Waals surface area contributed by atoms with Gasteiger partial charge in [0.2, 0.25) is 0 Å². The quantitative estimate of drug-likeness (QED) is 0.223. The van der Waals surface area contributed by atoms with E-state index in [1.807, 2.05) is 0 Å². The van der Waals surface area contributed by atoms with Gasteiger partial charge in [-0.05, 0) is 6.42 Å².